The van der Waals surface area contributed by atoms with Crippen LogP contribution in [0.15, 0.2) is 39.7 Å². The quantitative estimate of drug-likeness (QED) is 0.298. The van der Waals surface area contributed by atoms with Crippen LogP contribution >= 0.6 is 0 Å². The maximum atomic E-state index is 13.3. The van der Waals surface area contributed by atoms with E-state index in [1.165, 1.54) is 51.9 Å². The van der Waals surface area contributed by atoms with Gasteiger partial charge in [-0.1, -0.05) is 0 Å². The number of phenols is 1. The molecule has 1 fully saturated rings. The van der Waals surface area contributed by atoms with Crippen molar-refractivity contribution in [2.75, 3.05) is 27.9 Å². The van der Waals surface area contributed by atoms with Gasteiger partial charge >= 0.3 is 0 Å². The Balaban J connectivity index is 1.81. The number of hydrogen-bond acceptors (Lipinski definition) is 12. The molecular weight excluding hydrogens is 480 g/mol. The zero-order chi connectivity index (χ0) is 26.1. The Morgan fingerprint density at radius 2 is 1.64 bits per heavy atom. The largest absolute Gasteiger partial charge is 0.507 e. The van der Waals surface area contributed by atoms with Crippen molar-refractivity contribution in [2.24, 2.45) is 0 Å². The highest BCUT2D eigenvalue weighted by Crippen LogP contribution is 2.42. The van der Waals surface area contributed by atoms with Crippen molar-refractivity contribution in [2.45, 2.75) is 30.7 Å². The third-order valence-electron chi connectivity index (χ3n) is 5.91. The predicted octanol–water partition coefficient (Wildman–Crippen LogP) is 0.370. The van der Waals surface area contributed by atoms with Gasteiger partial charge in [-0.15, -0.1) is 0 Å². The molecule has 194 valence electrons. The van der Waals surface area contributed by atoms with E-state index in [4.69, 9.17) is 28.1 Å². The number of hydrogen-bond donors (Lipinski definition) is 5. The lowest BCUT2D eigenvalue weighted by Gasteiger charge is -2.39. The number of aromatic hydroxyl groups is 1. The number of benzene rings is 2. The van der Waals surface area contributed by atoms with Crippen molar-refractivity contribution in [3.05, 3.63) is 40.8 Å². The summed E-state index contributed by atoms with van der Waals surface area (Å²) in [6, 6.07) is 5.62. The molecule has 0 spiro atoms. The number of aliphatic hydroxyl groups is 4. The molecule has 0 amide bonds. The number of phenolic OH excluding ortho intramolecular Hbond substituents is 1. The summed E-state index contributed by atoms with van der Waals surface area (Å²) in [6.07, 6.45) is -6.43. The van der Waals surface area contributed by atoms with Crippen molar-refractivity contribution in [1.82, 2.24) is 0 Å². The smallest absolute Gasteiger partial charge is 0.229 e. The molecule has 2 heterocycles. The van der Waals surface area contributed by atoms with Crippen LogP contribution in [0, 0.1) is 0 Å². The van der Waals surface area contributed by atoms with Gasteiger partial charge in [0.1, 0.15) is 53.1 Å². The monoisotopic (exact) mass is 506 g/mol. The van der Waals surface area contributed by atoms with E-state index in [2.05, 4.69) is 0 Å². The zero-order valence-corrected chi connectivity index (χ0v) is 19.6. The molecule has 12 heteroatoms. The lowest BCUT2D eigenvalue weighted by atomic mass is 9.99. The van der Waals surface area contributed by atoms with E-state index in [0.717, 1.165) is 0 Å². The first-order valence-corrected chi connectivity index (χ1v) is 10.8. The summed E-state index contributed by atoms with van der Waals surface area (Å²) in [7, 11) is 4.11. The fourth-order valence-electron chi connectivity index (χ4n) is 3.99. The maximum absolute atomic E-state index is 13.3. The molecule has 0 radical (unpaired) electrons. The second-order valence-electron chi connectivity index (χ2n) is 8.02. The lowest BCUT2D eigenvalue weighted by molar-refractivity contribution is -0.277. The Morgan fingerprint density at radius 3 is 2.28 bits per heavy atom. The average molecular weight is 506 g/mol. The van der Waals surface area contributed by atoms with Gasteiger partial charge in [0.15, 0.2) is 11.5 Å². The van der Waals surface area contributed by atoms with E-state index < -0.39 is 42.7 Å². The fraction of sp³-hybridized carbons (Fsp3) is 0.375. The highest BCUT2D eigenvalue weighted by atomic mass is 16.7. The Labute approximate surface area is 204 Å². The van der Waals surface area contributed by atoms with Crippen LogP contribution in [0.3, 0.4) is 0 Å². The zero-order valence-electron chi connectivity index (χ0n) is 19.6. The van der Waals surface area contributed by atoms with Crippen LogP contribution in [-0.4, -0.2) is 84.2 Å². The molecule has 1 aliphatic rings. The molecule has 0 aliphatic carbocycles. The summed E-state index contributed by atoms with van der Waals surface area (Å²) in [6.45, 7) is -0.641. The van der Waals surface area contributed by atoms with Crippen molar-refractivity contribution in [3.8, 4) is 39.9 Å². The second-order valence-corrected chi connectivity index (χ2v) is 8.02. The van der Waals surface area contributed by atoms with E-state index in [-0.39, 0.29) is 45.1 Å². The summed E-state index contributed by atoms with van der Waals surface area (Å²) in [5.41, 5.74) is -0.151. The molecule has 1 aliphatic heterocycles. The van der Waals surface area contributed by atoms with E-state index >= 15 is 0 Å². The first kappa shape index (κ1) is 25.5. The van der Waals surface area contributed by atoms with Crippen LogP contribution in [0.4, 0.5) is 0 Å². The third-order valence-corrected chi connectivity index (χ3v) is 5.91. The molecular formula is C24H26O12. The summed E-state index contributed by atoms with van der Waals surface area (Å²) in [5.74, 6) is 0.147. The standard InChI is InChI=1S/C24H26O12/c1-31-11-6-13(26)18-14(7-11)34-9-12(19(18)27)10-4-15(32-2)23(33-3)16(5-10)35-24-22(30)21(29)20(28)17(8-25)36-24/h4-7,9,17,20-22,24-26,28-30H,8H2,1-3H3/t17-,20-,21-,22-,24-/m1/s1. The molecule has 5 atom stereocenters. The summed E-state index contributed by atoms with van der Waals surface area (Å²) < 4.78 is 32.6. The Kier molecular flexibility index (Phi) is 7.24. The van der Waals surface area contributed by atoms with Crippen molar-refractivity contribution >= 4 is 11.0 Å². The molecule has 0 bridgehead atoms. The first-order valence-electron chi connectivity index (χ1n) is 10.8. The number of aliphatic hydroxyl groups excluding tert-OH is 4. The van der Waals surface area contributed by atoms with Gasteiger partial charge in [-0.05, 0) is 17.7 Å². The molecule has 0 saturated carbocycles. The Bertz CT molecular complexity index is 1300. The highest BCUT2D eigenvalue weighted by Gasteiger charge is 2.45. The average Bonchev–Trinajstić information content (AvgIpc) is 2.88. The molecule has 3 aromatic rings. The summed E-state index contributed by atoms with van der Waals surface area (Å²) in [4.78, 5) is 13.3. The van der Waals surface area contributed by atoms with Crippen LogP contribution in [0.5, 0.6) is 28.7 Å². The van der Waals surface area contributed by atoms with Crippen molar-refractivity contribution in [1.29, 1.82) is 0 Å². The minimum absolute atomic E-state index is 0.0440. The van der Waals surface area contributed by atoms with Gasteiger partial charge < -0.3 is 53.6 Å². The van der Waals surface area contributed by atoms with Gasteiger partial charge in [-0.3, -0.25) is 4.79 Å². The van der Waals surface area contributed by atoms with Crippen LogP contribution in [0.2, 0.25) is 0 Å². The van der Waals surface area contributed by atoms with Crippen LogP contribution in [0.25, 0.3) is 22.1 Å². The van der Waals surface area contributed by atoms with Crippen LogP contribution < -0.4 is 24.4 Å². The van der Waals surface area contributed by atoms with Gasteiger partial charge in [0.25, 0.3) is 0 Å². The van der Waals surface area contributed by atoms with E-state index in [1.807, 2.05) is 0 Å². The van der Waals surface area contributed by atoms with E-state index in [9.17, 15) is 30.3 Å². The van der Waals surface area contributed by atoms with Gasteiger partial charge in [-0.25, -0.2) is 0 Å². The molecule has 36 heavy (non-hydrogen) atoms. The minimum Gasteiger partial charge on any atom is -0.507 e. The molecule has 0 unspecified atom stereocenters. The van der Waals surface area contributed by atoms with Crippen molar-refractivity contribution in [3.63, 3.8) is 0 Å². The highest BCUT2D eigenvalue weighted by molar-refractivity contribution is 5.88. The number of rotatable bonds is 7. The molecule has 5 N–H and O–H groups in total. The SMILES string of the molecule is COc1cc(O)c2c(=O)c(-c3cc(OC)c(OC)c(O[C@@H]4O[C@H](CO)[C@@H](O)[C@@H](O)[C@H]4O)c3)coc2c1. The van der Waals surface area contributed by atoms with Crippen LogP contribution in [0.1, 0.15) is 0 Å². The summed E-state index contributed by atoms with van der Waals surface area (Å²) >= 11 is 0. The Morgan fingerprint density at radius 1 is 0.917 bits per heavy atom. The van der Waals surface area contributed by atoms with Gasteiger partial charge in [0.2, 0.25) is 17.5 Å². The minimum atomic E-state index is -1.68. The van der Waals surface area contributed by atoms with Gasteiger partial charge in [-0.2, -0.15) is 0 Å². The second kappa shape index (κ2) is 10.2. The van der Waals surface area contributed by atoms with Gasteiger partial charge in [0, 0.05) is 12.1 Å². The van der Waals surface area contributed by atoms with E-state index in [0.29, 0.717) is 5.75 Å². The summed E-state index contributed by atoms with van der Waals surface area (Å²) in [5, 5.41) is 50.3. The van der Waals surface area contributed by atoms with Crippen LogP contribution in [-0.2, 0) is 4.74 Å². The third kappa shape index (κ3) is 4.40. The predicted molar refractivity (Wildman–Crippen MR) is 124 cm³/mol. The van der Waals surface area contributed by atoms with Crippen molar-refractivity contribution < 1.29 is 53.6 Å². The fourth-order valence-corrected chi connectivity index (χ4v) is 3.99. The molecule has 12 nitrogen and oxygen atoms in total. The number of fused-ring (bicyclic) bond motifs is 1. The number of methoxy groups -OCH3 is 3. The molecule has 2 aromatic carbocycles. The topological polar surface area (TPSA) is 178 Å². The number of ether oxygens (including phenoxy) is 5. The lowest BCUT2D eigenvalue weighted by Crippen LogP contribution is -2.60. The molecule has 4 rings (SSSR count). The maximum Gasteiger partial charge on any atom is 0.229 e. The van der Waals surface area contributed by atoms with E-state index in [1.54, 1.807) is 0 Å². The normalized spacial score (nSPS) is 23.9. The van der Waals surface area contributed by atoms with Gasteiger partial charge in [0.05, 0.1) is 33.5 Å². The Hall–Kier alpha value is -3.55. The molecule has 1 aromatic heterocycles. The molecule has 1 saturated heterocycles. The first-order chi connectivity index (χ1) is 17.2.